The van der Waals surface area contributed by atoms with E-state index in [2.05, 4.69) is 73.9 Å². The maximum Gasteiger partial charge on any atom is 0.425 e. The molecule has 2 aliphatic rings. The molecule has 5 amide bonds. The van der Waals surface area contributed by atoms with Crippen LogP contribution >= 0.6 is 0 Å². The third-order valence-corrected chi connectivity index (χ3v) is 9.74. The van der Waals surface area contributed by atoms with Gasteiger partial charge in [-0.25, -0.2) is 34.8 Å². The Kier molecular flexibility index (Phi) is 10.1. The number of methoxy groups -OCH3 is 1. The van der Waals surface area contributed by atoms with Crippen molar-refractivity contribution >= 4 is 18.2 Å². The van der Waals surface area contributed by atoms with E-state index in [4.69, 9.17) is 4.74 Å². The molecule has 0 spiro atoms. The summed E-state index contributed by atoms with van der Waals surface area (Å²) < 4.78 is 4.71. The van der Waals surface area contributed by atoms with Crippen LogP contribution in [0.3, 0.4) is 0 Å². The Morgan fingerprint density at radius 2 is 1.18 bits per heavy atom. The van der Waals surface area contributed by atoms with Crippen molar-refractivity contribution in [3.63, 3.8) is 0 Å². The first-order valence-corrected chi connectivity index (χ1v) is 17.3. The molecule has 0 saturated carbocycles. The van der Waals surface area contributed by atoms with E-state index in [1.165, 1.54) is 12.1 Å². The van der Waals surface area contributed by atoms with Gasteiger partial charge in [-0.1, -0.05) is 48.5 Å². The van der Waals surface area contributed by atoms with Gasteiger partial charge in [-0.2, -0.15) is 0 Å². The molecule has 264 valence electrons. The van der Waals surface area contributed by atoms with Crippen molar-refractivity contribution in [3.05, 3.63) is 72.6 Å². The van der Waals surface area contributed by atoms with Crippen molar-refractivity contribution in [3.8, 4) is 33.6 Å². The number of hydrazine groups is 1. The quantitative estimate of drug-likeness (QED) is 0.180. The first kappa shape index (κ1) is 34.5. The number of nitrogens with zero attached hydrogens (tertiary/aromatic N) is 6. The first-order chi connectivity index (χ1) is 24.0. The summed E-state index contributed by atoms with van der Waals surface area (Å²) in [5, 5.41) is 1.30. The average Bonchev–Trinajstić information content (AvgIpc) is 3.96. The van der Waals surface area contributed by atoms with Gasteiger partial charge in [-0.3, -0.25) is 0 Å². The molecule has 13 heteroatoms. The van der Waals surface area contributed by atoms with Crippen molar-refractivity contribution in [1.82, 2.24) is 45.1 Å². The Hall–Kier alpha value is -5.33. The topological polar surface area (TPSA) is 143 Å². The summed E-state index contributed by atoms with van der Waals surface area (Å²) in [4.78, 5) is 60.0. The van der Waals surface area contributed by atoms with Crippen molar-refractivity contribution in [2.75, 3.05) is 27.2 Å². The number of H-pyrrole nitrogens is 2. The summed E-state index contributed by atoms with van der Waals surface area (Å²) in [7, 11) is 3.12. The van der Waals surface area contributed by atoms with Crippen molar-refractivity contribution in [1.29, 1.82) is 0 Å². The minimum absolute atomic E-state index is 0.0424. The van der Waals surface area contributed by atoms with Crippen LogP contribution in [0, 0.1) is 0 Å². The molecule has 2 saturated heterocycles. The van der Waals surface area contributed by atoms with Gasteiger partial charge >= 0.3 is 18.2 Å². The van der Waals surface area contributed by atoms with E-state index < -0.39 is 6.09 Å². The molecule has 4 aromatic rings. The molecular weight excluding hydrogens is 634 g/mol. The van der Waals surface area contributed by atoms with Crippen LogP contribution in [0.1, 0.15) is 77.1 Å². The predicted octanol–water partition coefficient (Wildman–Crippen LogP) is 6.97. The number of aromatic amines is 2. The normalized spacial score (nSPS) is 17.4. The molecule has 0 bridgehead atoms. The number of ether oxygens (including phenoxy) is 1. The van der Waals surface area contributed by atoms with Crippen LogP contribution in [-0.2, 0) is 4.74 Å². The van der Waals surface area contributed by atoms with E-state index in [9.17, 15) is 14.4 Å². The number of hydrogen-bond donors (Lipinski definition) is 3. The summed E-state index contributed by atoms with van der Waals surface area (Å²) in [5.74, 6) is 1.54. The molecule has 6 rings (SSSR count). The molecule has 2 aliphatic heterocycles. The Balaban J connectivity index is 1.11. The van der Waals surface area contributed by atoms with Crippen LogP contribution in [-0.4, -0.2) is 97.1 Å². The van der Waals surface area contributed by atoms with E-state index in [-0.39, 0.29) is 36.2 Å². The fourth-order valence-corrected chi connectivity index (χ4v) is 6.65. The van der Waals surface area contributed by atoms with Gasteiger partial charge in [0.25, 0.3) is 0 Å². The van der Waals surface area contributed by atoms with Crippen molar-refractivity contribution < 1.29 is 19.1 Å². The lowest BCUT2D eigenvalue weighted by molar-refractivity contribution is 0.0916. The predicted molar refractivity (Wildman–Crippen MR) is 191 cm³/mol. The number of nitrogens with one attached hydrogen (secondary N) is 3. The van der Waals surface area contributed by atoms with Crippen LogP contribution in [0.15, 0.2) is 60.9 Å². The van der Waals surface area contributed by atoms with Gasteiger partial charge in [0.15, 0.2) is 0 Å². The fourth-order valence-electron chi connectivity index (χ4n) is 6.65. The zero-order valence-electron chi connectivity index (χ0n) is 29.6. The molecule has 0 radical (unpaired) electrons. The van der Waals surface area contributed by atoms with Gasteiger partial charge < -0.3 is 29.4 Å². The molecular formula is C37H47N9O4. The van der Waals surface area contributed by atoms with E-state index >= 15 is 0 Å². The zero-order chi connectivity index (χ0) is 35.5. The van der Waals surface area contributed by atoms with Gasteiger partial charge in [0.05, 0.1) is 43.0 Å². The second-order valence-corrected chi connectivity index (χ2v) is 13.6. The molecule has 3 N–H and O–H groups in total. The standard InChI is InChI=1S/C37H47N9O4/c1-23(2)43(5)36(48)44-19-7-9-31(44)33-38-21-29(40-33)27-15-11-25(12-16-27)26-13-17-28(18-14-26)30-22-39-34(41-30)32-10-8-20-45(32)37(49)46(24(3)4)42-35(47)50-6/h11-18,21-24,31-32H,7-10,19-20H2,1-6H3,(H,38,40)(H,39,41)(H,42,47)/t31-,32-/m0/s1. The minimum Gasteiger partial charge on any atom is -0.452 e. The average molecular weight is 682 g/mol. The highest BCUT2D eigenvalue weighted by molar-refractivity contribution is 5.79. The lowest BCUT2D eigenvalue weighted by atomic mass is 10.0. The molecule has 2 atom stereocenters. The molecule has 4 heterocycles. The van der Waals surface area contributed by atoms with Gasteiger partial charge in [-0.05, 0) is 75.6 Å². The van der Waals surface area contributed by atoms with Crippen LogP contribution in [0.5, 0.6) is 0 Å². The van der Waals surface area contributed by atoms with Crippen molar-refractivity contribution in [2.24, 2.45) is 0 Å². The summed E-state index contributed by atoms with van der Waals surface area (Å²) in [6, 6.07) is 16.0. The fraction of sp³-hybridized carbons (Fsp3) is 0.432. The highest BCUT2D eigenvalue weighted by Gasteiger charge is 2.37. The van der Waals surface area contributed by atoms with Crippen LogP contribution < -0.4 is 5.43 Å². The number of benzene rings is 2. The number of imidazole rings is 2. The Morgan fingerprint density at radius 3 is 1.60 bits per heavy atom. The monoisotopic (exact) mass is 681 g/mol. The lowest BCUT2D eigenvalue weighted by Gasteiger charge is -2.33. The number of rotatable bonds is 7. The number of urea groups is 2. The second-order valence-electron chi connectivity index (χ2n) is 13.6. The zero-order valence-corrected chi connectivity index (χ0v) is 29.6. The SMILES string of the molecule is COC(=O)NN(C(=O)N1CCC[C@H]1c1ncc(-c2ccc(-c3ccc(-c4cnc([C@@H]5CCCN5C(=O)N(C)C(C)C)[nH]4)cc3)cc2)[nH]1)C(C)C. The van der Waals surface area contributed by atoms with Gasteiger partial charge in [-0.15, -0.1) is 0 Å². The number of amides is 5. The Labute approximate surface area is 293 Å². The summed E-state index contributed by atoms with van der Waals surface area (Å²) in [6.07, 6.45) is 6.42. The first-order valence-electron chi connectivity index (χ1n) is 17.3. The number of hydrogen-bond acceptors (Lipinski definition) is 6. The van der Waals surface area contributed by atoms with Crippen LogP contribution in [0.2, 0.25) is 0 Å². The summed E-state index contributed by atoms with van der Waals surface area (Å²) in [6.45, 7) is 9.01. The number of carbonyl (C=O) groups is 3. The van der Waals surface area contributed by atoms with E-state index in [1.807, 2.05) is 45.8 Å². The number of carbonyl (C=O) groups excluding carboxylic acids is 3. The van der Waals surface area contributed by atoms with Gasteiger partial charge in [0, 0.05) is 32.2 Å². The molecule has 50 heavy (non-hydrogen) atoms. The van der Waals surface area contributed by atoms with Gasteiger partial charge in [0.1, 0.15) is 11.6 Å². The minimum atomic E-state index is -0.689. The maximum absolute atomic E-state index is 13.4. The third kappa shape index (κ3) is 7.03. The van der Waals surface area contributed by atoms with Gasteiger partial charge in [0.2, 0.25) is 0 Å². The summed E-state index contributed by atoms with van der Waals surface area (Å²) >= 11 is 0. The molecule has 13 nitrogen and oxygen atoms in total. The molecule has 2 fully saturated rings. The highest BCUT2D eigenvalue weighted by atomic mass is 16.5. The number of likely N-dealkylation sites (tertiary alicyclic amines) is 2. The second kappa shape index (κ2) is 14.7. The Morgan fingerprint density at radius 1 is 0.740 bits per heavy atom. The summed E-state index contributed by atoms with van der Waals surface area (Å²) in [5.41, 5.74) is 8.50. The third-order valence-electron chi connectivity index (χ3n) is 9.74. The smallest absolute Gasteiger partial charge is 0.425 e. The largest absolute Gasteiger partial charge is 0.452 e. The molecule has 2 aromatic carbocycles. The maximum atomic E-state index is 13.4. The Bertz CT molecular complexity index is 1800. The van der Waals surface area contributed by atoms with E-state index in [1.54, 1.807) is 16.0 Å². The number of aromatic nitrogens is 4. The molecule has 0 aliphatic carbocycles. The van der Waals surface area contributed by atoms with E-state index in [0.29, 0.717) is 12.4 Å². The molecule has 2 aromatic heterocycles. The van der Waals surface area contributed by atoms with Crippen molar-refractivity contribution in [2.45, 2.75) is 77.5 Å². The molecule has 0 unspecified atom stereocenters. The van der Waals surface area contributed by atoms with E-state index in [0.717, 1.165) is 71.7 Å². The highest BCUT2D eigenvalue weighted by Crippen LogP contribution is 2.35. The van der Waals surface area contributed by atoms with Crippen LogP contribution in [0.4, 0.5) is 14.4 Å². The lowest BCUT2D eigenvalue weighted by Crippen LogP contribution is -2.54. The van der Waals surface area contributed by atoms with Crippen LogP contribution in [0.25, 0.3) is 33.6 Å².